The number of carbonyl (C=O) groups excluding carboxylic acids is 1. The molecule has 0 spiro atoms. The Morgan fingerprint density at radius 2 is 1.84 bits per heavy atom. The number of allylic oxidation sites excluding steroid dienone is 2. The van der Waals surface area contributed by atoms with Gasteiger partial charge in [-0.25, -0.2) is 0 Å². The van der Waals surface area contributed by atoms with E-state index >= 15 is 0 Å². The average molecular weight is 603 g/mol. The van der Waals surface area contributed by atoms with Crippen molar-refractivity contribution in [3.63, 3.8) is 0 Å². The predicted octanol–water partition coefficient (Wildman–Crippen LogP) is 5.39. The molecule has 9 heteroatoms. The summed E-state index contributed by atoms with van der Waals surface area (Å²) >= 11 is 0. The zero-order valence-electron chi connectivity index (χ0n) is 28.1. The van der Waals surface area contributed by atoms with Crippen molar-refractivity contribution in [2.45, 2.75) is 78.7 Å². The normalized spacial score (nSPS) is 20.3. The number of amides is 1. The van der Waals surface area contributed by atoms with Crippen LogP contribution < -0.4 is 14.2 Å². The highest BCUT2D eigenvalue weighted by Crippen LogP contribution is 2.48. The van der Waals surface area contributed by atoms with Gasteiger partial charge in [0.2, 0.25) is 18.4 Å². The number of carboxylic acid groups (broad SMARTS) is 1. The molecule has 2 aliphatic heterocycles. The highest BCUT2D eigenvalue weighted by atomic mass is 16.7. The first kappa shape index (κ1) is 34.7. The third-order valence-electron chi connectivity index (χ3n) is 8.54. The third-order valence-corrected chi connectivity index (χ3v) is 8.54. The first-order chi connectivity index (χ1) is 20.2. The van der Waals surface area contributed by atoms with Gasteiger partial charge in [-0.3, -0.25) is 14.5 Å². The van der Waals surface area contributed by atoms with Crippen LogP contribution in [0.3, 0.4) is 0 Å². The van der Waals surface area contributed by atoms with Gasteiger partial charge in [-0.05, 0) is 62.6 Å². The minimum Gasteiger partial charge on any atom is -0.493 e. The van der Waals surface area contributed by atoms with Gasteiger partial charge in [-0.15, -0.1) is 0 Å². The molecule has 1 unspecified atom stereocenters. The van der Waals surface area contributed by atoms with E-state index in [1.807, 2.05) is 17.0 Å². The lowest BCUT2D eigenvalue weighted by atomic mass is 9.77. The number of hydrogen-bond donors (Lipinski definition) is 1. The Morgan fingerprint density at radius 3 is 2.44 bits per heavy atom. The summed E-state index contributed by atoms with van der Waals surface area (Å²) in [5.41, 5.74) is 1.78. The summed E-state index contributed by atoms with van der Waals surface area (Å²) in [4.78, 5) is 31.1. The van der Waals surface area contributed by atoms with Crippen LogP contribution in [-0.2, 0) is 9.59 Å². The molecule has 1 amide bonds. The molecule has 0 aliphatic carbocycles. The van der Waals surface area contributed by atoms with E-state index in [1.54, 1.807) is 7.11 Å². The number of fused-ring (bicyclic) bond motifs is 1. The quantitative estimate of drug-likeness (QED) is 0.154. The molecule has 9 nitrogen and oxygen atoms in total. The Bertz CT molecular complexity index is 1140. The van der Waals surface area contributed by atoms with E-state index in [0.29, 0.717) is 30.2 Å². The maximum Gasteiger partial charge on any atom is 0.308 e. The van der Waals surface area contributed by atoms with Crippen LogP contribution in [0.1, 0.15) is 78.2 Å². The number of hydrogen-bond acceptors (Lipinski definition) is 6. The SMILES string of the molecule is CCCCN(CCCC[N+](C)(C)C)C(=O)CN1C[C@H](c2cc(OC)c3c(c2)OCO3)C(C(=O)O)[C@@H]1CC(C)(C)C=C(C)C. The van der Waals surface area contributed by atoms with Gasteiger partial charge in [0.25, 0.3) is 0 Å². The van der Waals surface area contributed by atoms with Crippen molar-refractivity contribution in [1.82, 2.24) is 9.80 Å². The van der Waals surface area contributed by atoms with Crippen molar-refractivity contribution in [3.05, 3.63) is 29.3 Å². The number of quaternary nitrogens is 1. The maximum absolute atomic E-state index is 13.9. The summed E-state index contributed by atoms with van der Waals surface area (Å²) in [5.74, 6) is -0.166. The zero-order valence-corrected chi connectivity index (χ0v) is 28.1. The topological polar surface area (TPSA) is 88.5 Å². The number of benzene rings is 1. The Morgan fingerprint density at radius 1 is 1.14 bits per heavy atom. The van der Waals surface area contributed by atoms with Gasteiger partial charge < -0.3 is 28.7 Å². The molecule has 0 radical (unpaired) electrons. The summed E-state index contributed by atoms with van der Waals surface area (Å²) in [7, 11) is 8.14. The Hall–Kier alpha value is -2.78. The van der Waals surface area contributed by atoms with Gasteiger partial charge >= 0.3 is 5.97 Å². The van der Waals surface area contributed by atoms with Crippen LogP contribution in [0.15, 0.2) is 23.8 Å². The van der Waals surface area contributed by atoms with E-state index in [4.69, 9.17) is 14.2 Å². The number of unbranched alkanes of at least 4 members (excludes halogenated alkanes) is 2. The van der Waals surface area contributed by atoms with Crippen LogP contribution in [0.2, 0.25) is 0 Å². The second-order valence-electron chi connectivity index (χ2n) is 14.3. The summed E-state index contributed by atoms with van der Waals surface area (Å²) in [6, 6.07) is 3.44. The molecule has 0 saturated carbocycles. The van der Waals surface area contributed by atoms with Crippen molar-refractivity contribution in [2.75, 3.05) is 67.8 Å². The van der Waals surface area contributed by atoms with E-state index < -0.39 is 11.9 Å². The fraction of sp³-hybridized carbons (Fsp3) is 0.706. The van der Waals surface area contributed by atoms with Gasteiger partial charge in [-0.2, -0.15) is 0 Å². The van der Waals surface area contributed by atoms with Crippen LogP contribution in [0.25, 0.3) is 0 Å². The summed E-state index contributed by atoms with van der Waals surface area (Å²) in [6.07, 6.45) is 6.82. The van der Waals surface area contributed by atoms with Gasteiger partial charge in [-0.1, -0.05) is 38.8 Å². The summed E-state index contributed by atoms with van der Waals surface area (Å²) in [6.45, 7) is 13.9. The molecule has 3 atom stereocenters. The highest BCUT2D eigenvalue weighted by Gasteiger charge is 2.49. The minimum atomic E-state index is -0.849. The van der Waals surface area contributed by atoms with Gasteiger partial charge in [0.1, 0.15) is 0 Å². The number of aliphatic carboxylic acids is 1. The zero-order chi connectivity index (χ0) is 31.9. The van der Waals surface area contributed by atoms with Crippen LogP contribution in [0.5, 0.6) is 17.2 Å². The van der Waals surface area contributed by atoms with Crippen molar-refractivity contribution in [2.24, 2.45) is 11.3 Å². The van der Waals surface area contributed by atoms with E-state index in [0.717, 1.165) is 55.4 Å². The fourth-order valence-electron chi connectivity index (χ4n) is 6.70. The first-order valence-electron chi connectivity index (χ1n) is 15.8. The molecule has 0 aromatic heterocycles. The number of nitrogens with zero attached hydrogens (tertiary/aromatic N) is 3. The van der Waals surface area contributed by atoms with Crippen molar-refractivity contribution in [3.8, 4) is 17.2 Å². The fourth-order valence-corrected chi connectivity index (χ4v) is 6.70. The van der Waals surface area contributed by atoms with Crippen LogP contribution >= 0.6 is 0 Å². The third kappa shape index (κ3) is 9.60. The molecule has 3 rings (SSSR count). The Kier molecular flexibility index (Phi) is 11.9. The number of carbonyl (C=O) groups is 2. The lowest BCUT2D eigenvalue weighted by Crippen LogP contribution is -2.46. The van der Waals surface area contributed by atoms with Gasteiger partial charge in [0.15, 0.2) is 11.5 Å². The van der Waals surface area contributed by atoms with Crippen molar-refractivity contribution >= 4 is 11.9 Å². The second kappa shape index (κ2) is 14.8. The standard InChI is InChI=1S/C34H55N3O6/c1-10-11-14-35(15-12-13-16-37(6,7)8)30(38)22-36-21-26(25-17-28(41-9)32-29(18-25)42-23-43-32)31(33(39)40)27(36)20-34(4,5)19-24(2)3/h17-19,26-27,31H,10-16,20-23H2,1-9H3/p+1/t26-,27+,31?/m1/s1. The predicted molar refractivity (Wildman–Crippen MR) is 170 cm³/mol. The lowest BCUT2D eigenvalue weighted by molar-refractivity contribution is -0.870. The second-order valence-corrected chi connectivity index (χ2v) is 14.3. The smallest absolute Gasteiger partial charge is 0.308 e. The largest absolute Gasteiger partial charge is 0.493 e. The molecular weight excluding hydrogens is 546 g/mol. The number of carboxylic acids is 1. The molecular formula is C34H56N3O6+. The van der Waals surface area contributed by atoms with Crippen LogP contribution in [0.4, 0.5) is 0 Å². The van der Waals surface area contributed by atoms with Crippen LogP contribution in [-0.4, -0.2) is 105 Å². The number of methoxy groups -OCH3 is 1. The molecule has 1 aromatic rings. The van der Waals surface area contributed by atoms with Gasteiger partial charge in [0.05, 0.1) is 47.3 Å². The molecule has 242 valence electrons. The van der Waals surface area contributed by atoms with E-state index in [9.17, 15) is 14.7 Å². The molecule has 2 heterocycles. The average Bonchev–Trinajstić information content (AvgIpc) is 3.50. The maximum atomic E-state index is 13.9. The minimum absolute atomic E-state index is 0.0803. The van der Waals surface area contributed by atoms with E-state index in [2.05, 4.69) is 66.7 Å². The first-order valence-corrected chi connectivity index (χ1v) is 15.8. The number of likely N-dealkylation sites (tertiary alicyclic amines) is 1. The Balaban J connectivity index is 1.93. The molecule has 43 heavy (non-hydrogen) atoms. The van der Waals surface area contributed by atoms with Crippen molar-refractivity contribution < 1.29 is 33.4 Å². The molecule has 1 fully saturated rings. The Labute approximate surface area is 259 Å². The van der Waals surface area contributed by atoms with Crippen LogP contribution in [0, 0.1) is 11.3 Å². The van der Waals surface area contributed by atoms with Crippen molar-refractivity contribution in [1.29, 1.82) is 0 Å². The number of ether oxygens (including phenoxy) is 3. The summed E-state index contributed by atoms with van der Waals surface area (Å²) < 4.78 is 17.8. The van der Waals surface area contributed by atoms with E-state index in [1.165, 1.54) is 5.57 Å². The monoisotopic (exact) mass is 602 g/mol. The van der Waals surface area contributed by atoms with E-state index in [-0.39, 0.29) is 36.6 Å². The van der Waals surface area contributed by atoms with Gasteiger partial charge in [0, 0.05) is 31.6 Å². The molecule has 1 saturated heterocycles. The number of rotatable bonds is 16. The molecule has 0 bridgehead atoms. The molecule has 1 aromatic carbocycles. The highest BCUT2D eigenvalue weighted by molar-refractivity contribution is 5.79. The molecule has 1 N–H and O–H groups in total. The summed E-state index contributed by atoms with van der Waals surface area (Å²) in [5, 5.41) is 10.7. The lowest BCUT2D eigenvalue weighted by Gasteiger charge is -2.34. The molecule has 2 aliphatic rings.